The van der Waals surface area contributed by atoms with Crippen molar-refractivity contribution in [1.82, 2.24) is 20.1 Å². The summed E-state index contributed by atoms with van der Waals surface area (Å²) in [7, 11) is 3.77. The molecule has 9 nitrogen and oxygen atoms in total. The van der Waals surface area contributed by atoms with E-state index >= 15 is 0 Å². The molecule has 0 saturated carbocycles. The summed E-state index contributed by atoms with van der Waals surface area (Å²) in [5, 5.41) is 5.30. The number of ether oxygens (including phenoxy) is 1. The number of carbonyl (C=O) groups excluding carboxylic acids is 4. The van der Waals surface area contributed by atoms with Gasteiger partial charge in [-0.2, -0.15) is 0 Å². The molecule has 10 heteroatoms. The average Bonchev–Trinajstić information content (AvgIpc) is 3.74. The summed E-state index contributed by atoms with van der Waals surface area (Å²) in [5.41, 5.74) is 1.55. The van der Waals surface area contributed by atoms with E-state index in [0.717, 1.165) is 36.9 Å². The van der Waals surface area contributed by atoms with Crippen LogP contribution in [0.5, 0.6) is 0 Å². The van der Waals surface area contributed by atoms with E-state index in [1.807, 2.05) is 102 Å². The molecule has 1 aliphatic rings. The number of rotatable bonds is 16. The summed E-state index contributed by atoms with van der Waals surface area (Å²) >= 11 is 1.26. The molecule has 0 radical (unpaired) electrons. The molecule has 4 rings (SSSR count). The first-order chi connectivity index (χ1) is 23.8. The van der Waals surface area contributed by atoms with Gasteiger partial charge in [0, 0.05) is 44.2 Å². The lowest BCUT2D eigenvalue weighted by molar-refractivity contribution is -0.149. The molecular weight excluding hydrogens is 649 g/mol. The Morgan fingerprint density at radius 2 is 1.62 bits per heavy atom. The van der Waals surface area contributed by atoms with Crippen LogP contribution < -0.4 is 5.32 Å². The monoisotopic (exact) mass is 702 g/mol. The van der Waals surface area contributed by atoms with Crippen LogP contribution in [0, 0.1) is 17.8 Å². The normalized spacial score (nSPS) is 18.8. The molecule has 0 aliphatic carbocycles. The Morgan fingerprint density at radius 3 is 2.12 bits per heavy atom. The van der Waals surface area contributed by atoms with Gasteiger partial charge in [0.05, 0.1) is 11.6 Å². The molecule has 1 saturated heterocycles. The number of esters is 1. The topological polar surface area (TPSA) is 109 Å². The van der Waals surface area contributed by atoms with Gasteiger partial charge in [0.15, 0.2) is 11.9 Å². The van der Waals surface area contributed by atoms with E-state index in [4.69, 9.17) is 4.74 Å². The molecule has 0 unspecified atom stereocenters. The van der Waals surface area contributed by atoms with Gasteiger partial charge in [-0.1, -0.05) is 94.8 Å². The Kier molecular flexibility index (Phi) is 13.5. The van der Waals surface area contributed by atoms with Crippen molar-refractivity contribution in [3.8, 4) is 0 Å². The summed E-state index contributed by atoms with van der Waals surface area (Å²) in [4.78, 5) is 62.5. The highest BCUT2D eigenvalue weighted by Gasteiger charge is 2.43. The van der Waals surface area contributed by atoms with E-state index in [1.54, 1.807) is 17.3 Å². The first-order valence-corrected chi connectivity index (χ1v) is 18.7. The van der Waals surface area contributed by atoms with Crippen LogP contribution in [0.3, 0.4) is 0 Å². The fraction of sp³-hybridized carbons (Fsp3) is 0.525. The molecule has 270 valence electrons. The maximum atomic E-state index is 14.3. The third kappa shape index (κ3) is 9.26. The zero-order valence-corrected chi connectivity index (χ0v) is 31.7. The highest BCUT2D eigenvalue weighted by atomic mass is 32.1. The molecule has 3 aromatic rings. The second-order valence-electron chi connectivity index (χ2n) is 14.3. The molecule has 2 amide bonds. The predicted molar refractivity (Wildman–Crippen MR) is 198 cm³/mol. The van der Waals surface area contributed by atoms with Gasteiger partial charge in [-0.3, -0.25) is 24.1 Å². The molecule has 1 N–H and O–H groups in total. The van der Waals surface area contributed by atoms with Gasteiger partial charge in [-0.15, -0.1) is 11.3 Å². The van der Waals surface area contributed by atoms with Crippen molar-refractivity contribution < 1.29 is 23.9 Å². The maximum Gasteiger partial charge on any atom is 0.303 e. The molecule has 50 heavy (non-hydrogen) atoms. The number of carbonyl (C=O) groups is 4. The summed E-state index contributed by atoms with van der Waals surface area (Å²) in [6.07, 6.45) is 2.25. The standard InChI is InChI=1S/C40H54N4O5S/c1-9-27(4)31(23-35(46)40(6)21-16-22-43(40)7)39(48)44(8)33(26(2)3)24-34(49-28(5)45)38-41-32(25-50-38)37(47)42-36(29-17-12-10-13-18-29)30-19-14-11-15-20-30/h10-15,17-20,25-27,31,33-34,36H,9,16,21-24H2,1-8H3,(H,42,47)/t27-,31-,33+,34+,40+/m0/s1. The highest BCUT2D eigenvalue weighted by Crippen LogP contribution is 2.35. The second-order valence-corrected chi connectivity index (χ2v) is 15.2. The summed E-state index contributed by atoms with van der Waals surface area (Å²) < 4.78 is 5.83. The third-order valence-electron chi connectivity index (χ3n) is 10.6. The molecular formula is C40H54N4O5S. The number of likely N-dealkylation sites (tertiary alicyclic amines) is 1. The number of nitrogens with zero attached hydrogens (tertiary/aromatic N) is 3. The fourth-order valence-electron chi connectivity index (χ4n) is 7.00. The molecule has 1 aromatic heterocycles. The van der Waals surface area contributed by atoms with Gasteiger partial charge < -0.3 is 15.0 Å². The van der Waals surface area contributed by atoms with Crippen molar-refractivity contribution in [3.05, 3.63) is 87.9 Å². The lowest BCUT2D eigenvalue weighted by atomic mass is 9.80. The van der Waals surface area contributed by atoms with Crippen LogP contribution in [0.1, 0.15) is 112 Å². The Balaban J connectivity index is 1.55. The van der Waals surface area contributed by atoms with Gasteiger partial charge in [-0.05, 0) is 56.3 Å². The smallest absolute Gasteiger partial charge is 0.303 e. The number of amides is 2. The lowest BCUT2D eigenvalue weighted by Gasteiger charge is -2.38. The molecule has 1 fully saturated rings. The van der Waals surface area contributed by atoms with Crippen molar-refractivity contribution >= 4 is 34.9 Å². The Morgan fingerprint density at radius 1 is 1.02 bits per heavy atom. The first kappa shape index (κ1) is 38.9. The maximum absolute atomic E-state index is 14.3. The number of Topliss-reactive ketones (excluding diaryl/α,β-unsaturated/α-hetero) is 1. The average molecular weight is 703 g/mol. The second kappa shape index (κ2) is 17.4. The van der Waals surface area contributed by atoms with Crippen LogP contribution in [0.15, 0.2) is 66.0 Å². The van der Waals surface area contributed by atoms with E-state index in [9.17, 15) is 19.2 Å². The molecule has 2 heterocycles. The molecule has 2 aromatic carbocycles. The number of nitrogens with one attached hydrogen (secondary N) is 1. The number of ketones is 1. The molecule has 5 atom stereocenters. The van der Waals surface area contributed by atoms with Crippen molar-refractivity contribution in [2.75, 3.05) is 20.6 Å². The predicted octanol–water partition coefficient (Wildman–Crippen LogP) is 7.25. The Hall–Kier alpha value is -3.89. The largest absolute Gasteiger partial charge is 0.455 e. The molecule has 1 aliphatic heterocycles. The van der Waals surface area contributed by atoms with Crippen LogP contribution in [0.25, 0.3) is 0 Å². The van der Waals surface area contributed by atoms with Crippen LogP contribution in [0.2, 0.25) is 0 Å². The number of hydrogen-bond donors (Lipinski definition) is 1. The van der Waals surface area contributed by atoms with Crippen LogP contribution in [-0.2, 0) is 19.1 Å². The minimum atomic E-state index is -0.768. The summed E-state index contributed by atoms with van der Waals surface area (Å²) in [6, 6.07) is 18.8. The number of aromatic nitrogens is 1. The highest BCUT2D eigenvalue weighted by molar-refractivity contribution is 7.09. The SMILES string of the molecule is CC[C@H](C)[C@H](CC(=O)[C@@]1(C)CCCN1C)C(=O)N(C)[C@H](C[C@@H](OC(C)=O)c1nc(C(=O)NC(c2ccccc2)c2ccccc2)cs1)C(C)C. The number of benzene rings is 2. The zero-order chi connectivity index (χ0) is 36.6. The lowest BCUT2D eigenvalue weighted by Crippen LogP contribution is -2.50. The number of hydrogen-bond acceptors (Lipinski definition) is 8. The van der Waals surface area contributed by atoms with Gasteiger partial charge in [-0.25, -0.2) is 4.98 Å². The van der Waals surface area contributed by atoms with Crippen LogP contribution in [0.4, 0.5) is 0 Å². The van der Waals surface area contributed by atoms with Gasteiger partial charge in [0.1, 0.15) is 10.7 Å². The minimum Gasteiger partial charge on any atom is -0.455 e. The van der Waals surface area contributed by atoms with Gasteiger partial charge >= 0.3 is 5.97 Å². The van der Waals surface area contributed by atoms with Crippen molar-refractivity contribution in [3.63, 3.8) is 0 Å². The van der Waals surface area contributed by atoms with E-state index in [0.29, 0.717) is 11.4 Å². The summed E-state index contributed by atoms with van der Waals surface area (Å²) in [6.45, 7) is 12.4. The van der Waals surface area contributed by atoms with Crippen LogP contribution >= 0.6 is 11.3 Å². The van der Waals surface area contributed by atoms with E-state index in [1.165, 1.54) is 18.3 Å². The van der Waals surface area contributed by atoms with Crippen molar-refractivity contribution in [2.45, 2.75) is 97.4 Å². The Bertz CT molecular complexity index is 1560. The molecule has 0 bridgehead atoms. The fourth-order valence-corrected chi connectivity index (χ4v) is 7.84. The molecule has 0 spiro atoms. The van der Waals surface area contributed by atoms with E-state index in [2.05, 4.69) is 15.2 Å². The third-order valence-corrected chi connectivity index (χ3v) is 11.5. The number of thiazole rings is 1. The minimum absolute atomic E-state index is 0.00834. The quantitative estimate of drug-likeness (QED) is 0.157. The van der Waals surface area contributed by atoms with E-state index in [-0.39, 0.29) is 53.6 Å². The first-order valence-electron chi connectivity index (χ1n) is 17.8. The summed E-state index contributed by atoms with van der Waals surface area (Å²) in [5.74, 6) is -1.23. The van der Waals surface area contributed by atoms with Gasteiger partial charge in [0.25, 0.3) is 5.91 Å². The zero-order valence-electron chi connectivity index (χ0n) is 30.8. The Labute approximate surface area is 301 Å². The van der Waals surface area contributed by atoms with Crippen molar-refractivity contribution in [1.29, 1.82) is 0 Å². The van der Waals surface area contributed by atoms with Crippen LogP contribution in [-0.4, -0.2) is 70.6 Å². The van der Waals surface area contributed by atoms with Crippen molar-refractivity contribution in [2.24, 2.45) is 17.8 Å². The van der Waals surface area contributed by atoms with Gasteiger partial charge in [0.2, 0.25) is 5.91 Å². The number of likely N-dealkylation sites (N-methyl/N-ethyl adjacent to an activating group) is 1. The van der Waals surface area contributed by atoms with E-state index < -0.39 is 23.5 Å².